The van der Waals surface area contributed by atoms with E-state index in [0.717, 1.165) is 18.5 Å². The zero-order valence-corrected chi connectivity index (χ0v) is 13.7. The first-order valence-corrected chi connectivity index (χ1v) is 7.71. The highest BCUT2D eigenvalue weighted by Crippen LogP contribution is 2.13. The number of nitrogens with zero attached hydrogens (tertiary/aromatic N) is 2. The normalized spacial score (nSPS) is 10.2. The van der Waals surface area contributed by atoms with Crippen LogP contribution in [0.4, 0.5) is 11.4 Å². The number of nitrogens with one attached hydrogen (secondary N) is 2. The number of aryl methyl sites for hydroxylation is 1. The Morgan fingerprint density at radius 3 is 2.29 bits per heavy atom. The third kappa shape index (κ3) is 5.05. The fourth-order valence-electron chi connectivity index (χ4n) is 2.17. The van der Waals surface area contributed by atoms with Crippen LogP contribution in [0.3, 0.4) is 0 Å². The molecule has 0 bridgehead atoms. The van der Waals surface area contributed by atoms with Gasteiger partial charge in [0, 0.05) is 30.1 Å². The summed E-state index contributed by atoms with van der Waals surface area (Å²) in [6.45, 7) is 3.33. The van der Waals surface area contributed by atoms with E-state index in [1.54, 1.807) is 24.3 Å². The Balaban J connectivity index is 1.98. The van der Waals surface area contributed by atoms with Crippen molar-refractivity contribution >= 4 is 23.2 Å². The standard InChI is InChI=1S/C17H20N4O3/c1-3-4-15-9-17(24)21(11-18-15)10-16(23)20-14-7-5-13(6-8-14)19-12(2)22/h5-9,11H,3-4,10H2,1-2H3,(H,19,22)(H,20,23). The molecule has 0 aliphatic carbocycles. The summed E-state index contributed by atoms with van der Waals surface area (Å²) in [5.41, 5.74) is 1.71. The third-order valence-electron chi connectivity index (χ3n) is 3.25. The van der Waals surface area contributed by atoms with E-state index >= 15 is 0 Å². The van der Waals surface area contributed by atoms with Crippen LogP contribution < -0.4 is 16.2 Å². The van der Waals surface area contributed by atoms with Gasteiger partial charge in [0.15, 0.2) is 0 Å². The zero-order chi connectivity index (χ0) is 17.5. The number of carbonyl (C=O) groups excluding carboxylic acids is 2. The molecule has 0 fully saturated rings. The van der Waals surface area contributed by atoms with Crippen LogP contribution >= 0.6 is 0 Å². The maximum absolute atomic E-state index is 12.0. The number of rotatable bonds is 6. The molecule has 7 heteroatoms. The highest BCUT2D eigenvalue weighted by molar-refractivity contribution is 5.92. The van der Waals surface area contributed by atoms with Crippen molar-refractivity contribution in [2.24, 2.45) is 0 Å². The minimum atomic E-state index is -0.325. The van der Waals surface area contributed by atoms with Crippen LogP contribution in [0.5, 0.6) is 0 Å². The molecule has 0 aliphatic heterocycles. The summed E-state index contributed by atoms with van der Waals surface area (Å²) in [5.74, 6) is -0.486. The van der Waals surface area contributed by atoms with Gasteiger partial charge in [-0.25, -0.2) is 4.98 Å². The van der Waals surface area contributed by atoms with Gasteiger partial charge in [0.05, 0.1) is 6.33 Å². The van der Waals surface area contributed by atoms with Gasteiger partial charge in [0.1, 0.15) is 6.54 Å². The second kappa shape index (κ2) is 8.05. The Bertz CT molecular complexity index is 781. The molecule has 0 spiro atoms. The highest BCUT2D eigenvalue weighted by atomic mass is 16.2. The van der Waals surface area contributed by atoms with Crippen LogP contribution in [0.25, 0.3) is 0 Å². The fourth-order valence-corrected chi connectivity index (χ4v) is 2.17. The molecule has 0 atom stereocenters. The van der Waals surface area contributed by atoms with Gasteiger partial charge in [0.25, 0.3) is 5.56 Å². The number of carbonyl (C=O) groups is 2. The first kappa shape index (κ1) is 17.4. The minimum Gasteiger partial charge on any atom is -0.326 e. The molecule has 1 aromatic carbocycles. The number of amides is 2. The van der Waals surface area contributed by atoms with Gasteiger partial charge >= 0.3 is 0 Å². The van der Waals surface area contributed by atoms with Gasteiger partial charge in [-0.05, 0) is 30.7 Å². The number of anilines is 2. The molecule has 0 saturated heterocycles. The lowest BCUT2D eigenvalue weighted by molar-refractivity contribution is -0.117. The molecule has 7 nitrogen and oxygen atoms in total. The van der Waals surface area contributed by atoms with Crippen LogP contribution in [0.2, 0.25) is 0 Å². The molecule has 1 aromatic heterocycles. The Kier molecular flexibility index (Phi) is 5.83. The number of hydrogen-bond acceptors (Lipinski definition) is 4. The molecule has 0 radical (unpaired) electrons. The molecule has 2 amide bonds. The number of hydrogen-bond donors (Lipinski definition) is 2. The molecule has 2 rings (SSSR count). The van der Waals surface area contributed by atoms with Crippen molar-refractivity contribution < 1.29 is 9.59 Å². The average Bonchev–Trinajstić information content (AvgIpc) is 2.52. The first-order chi connectivity index (χ1) is 11.5. The predicted octanol–water partition coefficient (Wildman–Crippen LogP) is 1.79. The van der Waals surface area contributed by atoms with Crippen LogP contribution in [0.15, 0.2) is 41.5 Å². The van der Waals surface area contributed by atoms with Crippen molar-refractivity contribution in [3.63, 3.8) is 0 Å². The smallest absolute Gasteiger partial charge is 0.253 e. The summed E-state index contributed by atoms with van der Waals surface area (Å²) in [6, 6.07) is 8.18. The second-order valence-electron chi connectivity index (χ2n) is 5.40. The molecular formula is C17H20N4O3. The van der Waals surface area contributed by atoms with Crippen molar-refractivity contribution in [3.05, 3.63) is 52.7 Å². The molecule has 0 aliphatic rings. The molecule has 0 saturated carbocycles. The molecule has 0 unspecified atom stereocenters. The lowest BCUT2D eigenvalue weighted by Crippen LogP contribution is -2.27. The van der Waals surface area contributed by atoms with Gasteiger partial charge in [-0.1, -0.05) is 13.3 Å². The van der Waals surface area contributed by atoms with E-state index in [9.17, 15) is 14.4 Å². The molecule has 2 aromatic rings. The van der Waals surface area contributed by atoms with Gasteiger partial charge < -0.3 is 10.6 Å². The van der Waals surface area contributed by atoms with Crippen molar-refractivity contribution in [2.75, 3.05) is 10.6 Å². The van der Waals surface area contributed by atoms with Crippen molar-refractivity contribution in [2.45, 2.75) is 33.2 Å². The second-order valence-corrected chi connectivity index (χ2v) is 5.40. The number of aromatic nitrogens is 2. The molecule has 126 valence electrons. The topological polar surface area (TPSA) is 93.1 Å². The van der Waals surface area contributed by atoms with E-state index in [1.165, 1.54) is 23.9 Å². The quantitative estimate of drug-likeness (QED) is 0.845. The summed E-state index contributed by atoms with van der Waals surface area (Å²) >= 11 is 0. The summed E-state index contributed by atoms with van der Waals surface area (Å²) in [4.78, 5) is 39.1. The van der Waals surface area contributed by atoms with E-state index in [4.69, 9.17) is 0 Å². The highest BCUT2D eigenvalue weighted by Gasteiger charge is 2.07. The lowest BCUT2D eigenvalue weighted by Gasteiger charge is -2.08. The Morgan fingerprint density at radius 1 is 1.12 bits per heavy atom. The summed E-state index contributed by atoms with van der Waals surface area (Å²) in [6.07, 6.45) is 3.04. The zero-order valence-electron chi connectivity index (χ0n) is 13.7. The van der Waals surface area contributed by atoms with Crippen molar-refractivity contribution in [1.82, 2.24) is 9.55 Å². The molecule has 2 N–H and O–H groups in total. The van der Waals surface area contributed by atoms with Gasteiger partial charge in [-0.2, -0.15) is 0 Å². The molecule has 1 heterocycles. The van der Waals surface area contributed by atoms with Crippen LogP contribution in [0, 0.1) is 0 Å². The Hall–Kier alpha value is -2.96. The summed E-state index contributed by atoms with van der Waals surface area (Å²) in [5, 5.41) is 5.34. The number of benzene rings is 1. The van der Waals surface area contributed by atoms with Crippen molar-refractivity contribution in [1.29, 1.82) is 0 Å². The van der Waals surface area contributed by atoms with E-state index in [1.807, 2.05) is 6.92 Å². The third-order valence-corrected chi connectivity index (χ3v) is 3.25. The van der Waals surface area contributed by atoms with Gasteiger partial charge in [-0.3, -0.25) is 19.0 Å². The minimum absolute atomic E-state index is 0.105. The maximum atomic E-state index is 12.0. The van der Waals surface area contributed by atoms with Gasteiger partial charge in [-0.15, -0.1) is 0 Å². The van der Waals surface area contributed by atoms with Crippen LogP contribution in [0.1, 0.15) is 26.0 Å². The predicted molar refractivity (Wildman–Crippen MR) is 91.9 cm³/mol. The lowest BCUT2D eigenvalue weighted by atomic mass is 10.2. The van der Waals surface area contributed by atoms with Crippen LogP contribution in [-0.4, -0.2) is 21.4 Å². The summed E-state index contributed by atoms with van der Waals surface area (Å²) in [7, 11) is 0. The van der Waals surface area contributed by atoms with Crippen LogP contribution in [-0.2, 0) is 22.6 Å². The van der Waals surface area contributed by atoms with Gasteiger partial charge in [0.2, 0.25) is 11.8 Å². The van der Waals surface area contributed by atoms with E-state index in [-0.39, 0.29) is 23.9 Å². The maximum Gasteiger partial charge on any atom is 0.253 e. The SMILES string of the molecule is CCCc1cc(=O)n(CC(=O)Nc2ccc(NC(C)=O)cc2)cn1. The molecular weight excluding hydrogens is 308 g/mol. The largest absolute Gasteiger partial charge is 0.326 e. The monoisotopic (exact) mass is 328 g/mol. The average molecular weight is 328 g/mol. The van der Waals surface area contributed by atoms with Crippen molar-refractivity contribution in [3.8, 4) is 0 Å². The fraction of sp³-hybridized carbons (Fsp3) is 0.294. The Morgan fingerprint density at radius 2 is 1.75 bits per heavy atom. The Labute approximate surface area is 139 Å². The first-order valence-electron chi connectivity index (χ1n) is 7.71. The van der Waals surface area contributed by atoms with E-state index < -0.39 is 0 Å². The van der Waals surface area contributed by atoms with E-state index in [2.05, 4.69) is 15.6 Å². The van der Waals surface area contributed by atoms with E-state index in [0.29, 0.717) is 11.4 Å². The molecule has 24 heavy (non-hydrogen) atoms. The summed E-state index contributed by atoms with van der Waals surface area (Å²) < 4.78 is 1.26.